The van der Waals surface area contributed by atoms with Crippen LogP contribution in [-0.4, -0.2) is 29.5 Å². The molecule has 0 saturated heterocycles. The molecule has 0 unspecified atom stereocenters. The van der Waals surface area contributed by atoms with Crippen LogP contribution in [0.3, 0.4) is 0 Å². The standard InChI is InChI=1S/C20H28N4O/c1-6-7-11-24(5)18-13-21-17(12-22-18)20(25)23-19-15(4)9-8-10-16(19)14(2)3/h8-10,12-14H,6-7,11H2,1-5H3,(H,23,25). The molecule has 0 aliphatic rings. The van der Waals surface area contributed by atoms with Crippen molar-refractivity contribution < 1.29 is 4.79 Å². The van der Waals surface area contributed by atoms with Gasteiger partial charge in [-0.15, -0.1) is 0 Å². The third-order valence-corrected chi connectivity index (χ3v) is 4.27. The van der Waals surface area contributed by atoms with Crippen molar-refractivity contribution in [1.29, 1.82) is 0 Å². The zero-order valence-electron chi connectivity index (χ0n) is 15.8. The maximum absolute atomic E-state index is 12.6. The van der Waals surface area contributed by atoms with E-state index in [1.165, 1.54) is 0 Å². The number of carbonyl (C=O) groups excluding carboxylic acids is 1. The summed E-state index contributed by atoms with van der Waals surface area (Å²) in [5.74, 6) is 0.881. The summed E-state index contributed by atoms with van der Waals surface area (Å²) in [4.78, 5) is 23.3. The molecule has 0 aliphatic carbocycles. The van der Waals surface area contributed by atoms with Gasteiger partial charge in [0.15, 0.2) is 0 Å². The molecule has 0 atom stereocenters. The Balaban J connectivity index is 2.14. The van der Waals surface area contributed by atoms with Gasteiger partial charge in [0.1, 0.15) is 11.5 Å². The Hall–Kier alpha value is -2.43. The molecule has 0 spiro atoms. The zero-order chi connectivity index (χ0) is 18.4. The maximum Gasteiger partial charge on any atom is 0.275 e. The van der Waals surface area contributed by atoms with Crippen molar-refractivity contribution in [2.45, 2.75) is 46.5 Å². The molecule has 134 valence electrons. The molecule has 0 saturated carbocycles. The van der Waals surface area contributed by atoms with Crippen LogP contribution in [0.2, 0.25) is 0 Å². The minimum absolute atomic E-state index is 0.230. The predicted octanol–water partition coefficient (Wildman–Crippen LogP) is 4.40. The Morgan fingerprint density at radius 1 is 1.24 bits per heavy atom. The van der Waals surface area contributed by atoms with Gasteiger partial charge in [0.2, 0.25) is 0 Å². The fourth-order valence-electron chi connectivity index (χ4n) is 2.67. The van der Waals surface area contributed by atoms with E-state index < -0.39 is 0 Å². The average molecular weight is 340 g/mol. The topological polar surface area (TPSA) is 58.1 Å². The van der Waals surface area contributed by atoms with E-state index in [0.29, 0.717) is 11.6 Å². The highest BCUT2D eigenvalue weighted by Gasteiger charge is 2.15. The van der Waals surface area contributed by atoms with Crippen LogP contribution >= 0.6 is 0 Å². The van der Waals surface area contributed by atoms with Crippen LogP contribution in [0, 0.1) is 6.92 Å². The second kappa shape index (κ2) is 8.60. The summed E-state index contributed by atoms with van der Waals surface area (Å²) >= 11 is 0. The lowest BCUT2D eigenvalue weighted by molar-refractivity contribution is 0.102. The average Bonchev–Trinajstić information content (AvgIpc) is 2.61. The fourth-order valence-corrected chi connectivity index (χ4v) is 2.67. The van der Waals surface area contributed by atoms with Crippen molar-refractivity contribution in [2.24, 2.45) is 0 Å². The monoisotopic (exact) mass is 340 g/mol. The summed E-state index contributed by atoms with van der Waals surface area (Å²) < 4.78 is 0. The van der Waals surface area contributed by atoms with Crippen LogP contribution < -0.4 is 10.2 Å². The molecule has 25 heavy (non-hydrogen) atoms. The first-order valence-corrected chi connectivity index (χ1v) is 8.88. The van der Waals surface area contributed by atoms with Gasteiger partial charge in [-0.3, -0.25) is 4.79 Å². The minimum atomic E-state index is -0.230. The Bertz CT molecular complexity index is 710. The van der Waals surface area contributed by atoms with Gasteiger partial charge in [-0.05, 0) is 30.4 Å². The number of anilines is 2. The van der Waals surface area contributed by atoms with E-state index >= 15 is 0 Å². The Kier molecular flexibility index (Phi) is 6.51. The third-order valence-electron chi connectivity index (χ3n) is 4.27. The van der Waals surface area contributed by atoms with Crippen molar-refractivity contribution >= 4 is 17.4 Å². The summed E-state index contributed by atoms with van der Waals surface area (Å²) in [6, 6.07) is 6.06. The minimum Gasteiger partial charge on any atom is -0.358 e. The molecule has 1 aromatic heterocycles. The largest absolute Gasteiger partial charge is 0.358 e. The first-order chi connectivity index (χ1) is 11.9. The van der Waals surface area contributed by atoms with Crippen LogP contribution in [0.4, 0.5) is 11.5 Å². The van der Waals surface area contributed by atoms with E-state index in [1.807, 2.05) is 32.2 Å². The zero-order valence-corrected chi connectivity index (χ0v) is 15.8. The number of unbranched alkanes of at least 4 members (excludes halogenated alkanes) is 1. The number of rotatable bonds is 7. The Morgan fingerprint density at radius 3 is 2.60 bits per heavy atom. The highest BCUT2D eigenvalue weighted by Crippen LogP contribution is 2.27. The molecule has 1 amide bonds. The number of aromatic nitrogens is 2. The number of nitrogens with one attached hydrogen (secondary N) is 1. The molecule has 5 heteroatoms. The normalized spacial score (nSPS) is 10.8. The number of para-hydroxylation sites is 1. The Morgan fingerprint density at radius 2 is 2.00 bits per heavy atom. The number of benzene rings is 1. The maximum atomic E-state index is 12.6. The molecule has 1 N–H and O–H groups in total. The van der Waals surface area contributed by atoms with E-state index in [9.17, 15) is 4.79 Å². The second-order valence-electron chi connectivity index (χ2n) is 6.68. The lowest BCUT2D eigenvalue weighted by Gasteiger charge is -2.18. The Labute approximate surface area is 150 Å². The first kappa shape index (κ1) is 18.9. The number of hydrogen-bond donors (Lipinski definition) is 1. The summed E-state index contributed by atoms with van der Waals surface area (Å²) in [5, 5.41) is 3.00. The molecule has 0 bridgehead atoms. The quantitative estimate of drug-likeness (QED) is 0.812. The summed E-state index contributed by atoms with van der Waals surface area (Å²) in [5.41, 5.74) is 3.36. The van der Waals surface area contributed by atoms with E-state index in [4.69, 9.17) is 0 Å². The van der Waals surface area contributed by atoms with Crippen molar-refractivity contribution in [2.75, 3.05) is 23.8 Å². The van der Waals surface area contributed by atoms with E-state index in [1.54, 1.807) is 12.4 Å². The van der Waals surface area contributed by atoms with E-state index in [0.717, 1.165) is 42.0 Å². The van der Waals surface area contributed by atoms with Crippen molar-refractivity contribution in [3.8, 4) is 0 Å². The summed E-state index contributed by atoms with van der Waals surface area (Å²) in [6.07, 6.45) is 5.44. The van der Waals surface area contributed by atoms with Crippen LogP contribution in [0.25, 0.3) is 0 Å². The van der Waals surface area contributed by atoms with Gasteiger partial charge >= 0.3 is 0 Å². The van der Waals surface area contributed by atoms with Crippen molar-refractivity contribution in [1.82, 2.24) is 9.97 Å². The number of amides is 1. The van der Waals surface area contributed by atoms with Crippen molar-refractivity contribution in [3.63, 3.8) is 0 Å². The lowest BCUT2D eigenvalue weighted by atomic mass is 9.98. The SMILES string of the molecule is CCCCN(C)c1cnc(C(=O)Nc2c(C)cccc2C(C)C)cn1. The van der Waals surface area contributed by atoms with Gasteiger partial charge in [0.05, 0.1) is 12.4 Å². The van der Waals surface area contributed by atoms with Crippen molar-refractivity contribution in [3.05, 3.63) is 47.4 Å². The summed E-state index contributed by atoms with van der Waals surface area (Å²) in [6.45, 7) is 9.32. The third kappa shape index (κ3) is 4.78. The van der Waals surface area contributed by atoms with Gasteiger partial charge in [-0.2, -0.15) is 0 Å². The van der Waals surface area contributed by atoms with Gasteiger partial charge in [0.25, 0.3) is 5.91 Å². The van der Waals surface area contributed by atoms with Crippen LogP contribution in [0.5, 0.6) is 0 Å². The van der Waals surface area contributed by atoms with Gasteiger partial charge in [0, 0.05) is 19.3 Å². The van der Waals surface area contributed by atoms with Gasteiger partial charge in [-0.25, -0.2) is 9.97 Å². The van der Waals surface area contributed by atoms with Crippen LogP contribution in [-0.2, 0) is 0 Å². The molecule has 1 aromatic carbocycles. The molecular formula is C20H28N4O. The van der Waals surface area contributed by atoms with Gasteiger partial charge in [-0.1, -0.05) is 45.4 Å². The van der Waals surface area contributed by atoms with E-state index in [2.05, 4.69) is 41.0 Å². The fraction of sp³-hybridized carbons (Fsp3) is 0.450. The number of hydrogen-bond acceptors (Lipinski definition) is 4. The lowest BCUT2D eigenvalue weighted by Crippen LogP contribution is -2.21. The molecule has 2 rings (SSSR count). The van der Waals surface area contributed by atoms with E-state index in [-0.39, 0.29) is 5.91 Å². The molecule has 0 fully saturated rings. The number of carbonyl (C=O) groups is 1. The highest BCUT2D eigenvalue weighted by molar-refractivity contribution is 6.03. The molecule has 1 heterocycles. The first-order valence-electron chi connectivity index (χ1n) is 8.88. The number of nitrogens with zero attached hydrogens (tertiary/aromatic N) is 3. The second-order valence-corrected chi connectivity index (χ2v) is 6.68. The molecule has 0 aliphatic heterocycles. The molecule has 2 aromatic rings. The van der Waals surface area contributed by atoms with Crippen LogP contribution in [0.1, 0.15) is 61.1 Å². The molecule has 5 nitrogen and oxygen atoms in total. The van der Waals surface area contributed by atoms with Gasteiger partial charge < -0.3 is 10.2 Å². The summed E-state index contributed by atoms with van der Waals surface area (Å²) in [7, 11) is 1.99. The van der Waals surface area contributed by atoms with Crippen LogP contribution in [0.15, 0.2) is 30.6 Å². The highest BCUT2D eigenvalue weighted by atomic mass is 16.1. The molecule has 0 radical (unpaired) electrons. The molecular weight excluding hydrogens is 312 g/mol. The predicted molar refractivity (Wildman–Crippen MR) is 103 cm³/mol. The smallest absolute Gasteiger partial charge is 0.275 e. The number of aryl methyl sites for hydroxylation is 1.